The van der Waals surface area contributed by atoms with E-state index < -0.39 is 18.7 Å². The zero-order valence-corrected chi connectivity index (χ0v) is 16.5. The second-order valence-corrected chi connectivity index (χ2v) is 6.31. The Morgan fingerprint density at radius 1 is 1.13 bits per heavy atom. The second kappa shape index (κ2) is 9.55. The molecule has 0 saturated heterocycles. The van der Waals surface area contributed by atoms with Crippen LogP contribution in [0.3, 0.4) is 0 Å². The van der Waals surface area contributed by atoms with Gasteiger partial charge in [-0.2, -0.15) is 0 Å². The van der Waals surface area contributed by atoms with Gasteiger partial charge in [0.25, 0.3) is 5.91 Å². The first kappa shape index (κ1) is 20.8. The fourth-order valence-corrected chi connectivity index (χ4v) is 2.72. The highest BCUT2D eigenvalue weighted by atomic mass is 19.1. The van der Waals surface area contributed by atoms with E-state index >= 15 is 0 Å². The molecule has 2 heterocycles. The molecule has 0 saturated carbocycles. The first-order valence-corrected chi connectivity index (χ1v) is 9.09. The summed E-state index contributed by atoms with van der Waals surface area (Å²) >= 11 is 0. The third-order valence-corrected chi connectivity index (χ3v) is 4.27. The van der Waals surface area contributed by atoms with E-state index in [-0.39, 0.29) is 23.9 Å². The summed E-state index contributed by atoms with van der Waals surface area (Å²) in [6.45, 7) is 0.483. The lowest BCUT2D eigenvalue weighted by atomic mass is 10.1. The van der Waals surface area contributed by atoms with E-state index in [1.807, 2.05) is 37.3 Å². The van der Waals surface area contributed by atoms with Gasteiger partial charge in [0.1, 0.15) is 0 Å². The molecule has 154 valence electrons. The number of alkyl halides is 1. The van der Waals surface area contributed by atoms with E-state index in [1.54, 1.807) is 12.3 Å². The number of likely N-dealkylation sites (N-methyl/N-ethyl adjacent to an activating group) is 1. The van der Waals surface area contributed by atoms with Crippen LogP contribution in [0.15, 0.2) is 54.9 Å². The SMILES string of the molecule is Cc1cnc(C(=O)NCC(=O)N(C)c2ncccc2OCF)nc1-c1ccccc1. The van der Waals surface area contributed by atoms with Crippen LogP contribution in [0.1, 0.15) is 16.2 Å². The molecular formula is C21H20FN5O3. The summed E-state index contributed by atoms with van der Waals surface area (Å²) < 4.78 is 17.4. The van der Waals surface area contributed by atoms with Gasteiger partial charge in [-0.3, -0.25) is 14.5 Å². The number of benzene rings is 1. The van der Waals surface area contributed by atoms with Crippen LogP contribution in [0, 0.1) is 6.92 Å². The van der Waals surface area contributed by atoms with Gasteiger partial charge in [-0.1, -0.05) is 30.3 Å². The lowest BCUT2D eigenvalue weighted by Gasteiger charge is -2.18. The Morgan fingerprint density at radius 2 is 1.90 bits per heavy atom. The first-order chi connectivity index (χ1) is 14.5. The van der Waals surface area contributed by atoms with E-state index in [2.05, 4.69) is 20.3 Å². The number of hydrogen-bond acceptors (Lipinski definition) is 6. The summed E-state index contributed by atoms with van der Waals surface area (Å²) in [7, 11) is 1.46. The van der Waals surface area contributed by atoms with Gasteiger partial charge < -0.3 is 10.1 Å². The maximum Gasteiger partial charge on any atom is 0.289 e. The molecule has 0 aliphatic rings. The maximum atomic E-state index is 12.5. The van der Waals surface area contributed by atoms with Crippen molar-refractivity contribution in [2.24, 2.45) is 0 Å². The minimum Gasteiger partial charge on any atom is -0.459 e. The van der Waals surface area contributed by atoms with Gasteiger partial charge in [0.05, 0.1) is 12.2 Å². The Morgan fingerprint density at radius 3 is 2.63 bits per heavy atom. The molecule has 3 aromatic rings. The fraction of sp³-hybridized carbons (Fsp3) is 0.190. The summed E-state index contributed by atoms with van der Waals surface area (Å²) in [6.07, 6.45) is 3.01. The summed E-state index contributed by atoms with van der Waals surface area (Å²) in [5.41, 5.74) is 2.32. The van der Waals surface area contributed by atoms with Crippen LogP contribution in [0.5, 0.6) is 5.75 Å². The number of amides is 2. The molecule has 30 heavy (non-hydrogen) atoms. The number of halogens is 1. The quantitative estimate of drug-likeness (QED) is 0.644. The molecule has 1 aromatic carbocycles. The molecule has 0 radical (unpaired) electrons. The molecule has 0 aliphatic carbocycles. The fourth-order valence-electron chi connectivity index (χ4n) is 2.72. The summed E-state index contributed by atoms with van der Waals surface area (Å²) in [5.74, 6) is -0.838. The molecule has 2 aromatic heterocycles. The van der Waals surface area contributed by atoms with Gasteiger partial charge >= 0.3 is 0 Å². The highest BCUT2D eigenvalue weighted by Crippen LogP contribution is 2.24. The number of aryl methyl sites for hydroxylation is 1. The predicted octanol–water partition coefficient (Wildman–Crippen LogP) is 2.55. The molecule has 0 bridgehead atoms. The predicted molar refractivity (Wildman–Crippen MR) is 109 cm³/mol. The number of aromatic nitrogens is 3. The van der Waals surface area contributed by atoms with E-state index in [1.165, 1.54) is 24.2 Å². The molecular weight excluding hydrogens is 389 g/mol. The van der Waals surface area contributed by atoms with Crippen molar-refractivity contribution in [3.8, 4) is 17.0 Å². The summed E-state index contributed by atoms with van der Waals surface area (Å²) in [6, 6.07) is 12.5. The van der Waals surface area contributed by atoms with Crippen molar-refractivity contribution in [3.05, 3.63) is 66.2 Å². The first-order valence-electron chi connectivity index (χ1n) is 9.09. The zero-order chi connectivity index (χ0) is 21.5. The topological polar surface area (TPSA) is 97.3 Å². The van der Waals surface area contributed by atoms with Crippen LogP contribution in [0.2, 0.25) is 0 Å². The van der Waals surface area contributed by atoms with Crippen LogP contribution in [0.4, 0.5) is 10.2 Å². The van der Waals surface area contributed by atoms with Crippen molar-refractivity contribution in [2.75, 3.05) is 25.4 Å². The Balaban J connectivity index is 1.69. The maximum absolute atomic E-state index is 12.5. The van der Waals surface area contributed by atoms with Gasteiger partial charge in [0.2, 0.25) is 18.6 Å². The van der Waals surface area contributed by atoms with Gasteiger partial charge in [0, 0.05) is 25.0 Å². The van der Waals surface area contributed by atoms with Crippen LogP contribution >= 0.6 is 0 Å². The Kier molecular flexibility index (Phi) is 6.63. The third-order valence-electron chi connectivity index (χ3n) is 4.27. The average Bonchev–Trinajstić information content (AvgIpc) is 2.78. The Labute approximate surface area is 172 Å². The Hall–Kier alpha value is -3.88. The van der Waals surface area contributed by atoms with E-state index in [0.717, 1.165) is 11.1 Å². The van der Waals surface area contributed by atoms with Gasteiger partial charge in [0.15, 0.2) is 11.6 Å². The number of nitrogens with zero attached hydrogens (tertiary/aromatic N) is 4. The van der Waals surface area contributed by atoms with Crippen molar-refractivity contribution in [2.45, 2.75) is 6.92 Å². The number of hydrogen-bond donors (Lipinski definition) is 1. The van der Waals surface area contributed by atoms with Crippen LogP contribution in [-0.2, 0) is 4.79 Å². The number of carbonyl (C=O) groups excluding carboxylic acids is 2. The van der Waals surface area contributed by atoms with Crippen molar-refractivity contribution in [3.63, 3.8) is 0 Å². The lowest BCUT2D eigenvalue weighted by Crippen LogP contribution is -2.39. The third kappa shape index (κ3) is 4.75. The highest BCUT2D eigenvalue weighted by molar-refractivity contribution is 5.99. The number of anilines is 1. The van der Waals surface area contributed by atoms with Crippen molar-refractivity contribution >= 4 is 17.6 Å². The molecule has 0 aliphatic heterocycles. The molecule has 3 rings (SSSR count). The van der Waals surface area contributed by atoms with Gasteiger partial charge in [-0.25, -0.2) is 19.3 Å². The number of rotatable bonds is 7. The molecule has 2 amide bonds. The largest absolute Gasteiger partial charge is 0.459 e. The van der Waals surface area contributed by atoms with Crippen molar-refractivity contribution < 1.29 is 18.7 Å². The molecule has 8 nitrogen and oxygen atoms in total. The van der Waals surface area contributed by atoms with Crippen LogP contribution in [-0.4, -0.2) is 47.2 Å². The minimum atomic E-state index is -1.05. The minimum absolute atomic E-state index is 0.0470. The van der Waals surface area contributed by atoms with Gasteiger partial charge in [-0.05, 0) is 24.6 Å². The van der Waals surface area contributed by atoms with Crippen LogP contribution in [0.25, 0.3) is 11.3 Å². The number of nitrogens with one attached hydrogen (secondary N) is 1. The lowest BCUT2D eigenvalue weighted by molar-refractivity contribution is -0.117. The van der Waals surface area contributed by atoms with Crippen LogP contribution < -0.4 is 15.0 Å². The number of ether oxygens (including phenoxy) is 1. The molecule has 0 unspecified atom stereocenters. The summed E-state index contributed by atoms with van der Waals surface area (Å²) in [4.78, 5) is 38.5. The molecule has 0 fully saturated rings. The highest BCUT2D eigenvalue weighted by Gasteiger charge is 2.19. The molecule has 9 heteroatoms. The molecule has 0 atom stereocenters. The second-order valence-electron chi connectivity index (χ2n) is 6.31. The van der Waals surface area contributed by atoms with Crippen molar-refractivity contribution in [1.82, 2.24) is 20.3 Å². The monoisotopic (exact) mass is 409 g/mol. The standard InChI is InChI=1S/C21H20FN5O3/c1-14-11-24-19(26-18(14)15-7-4-3-5-8-15)21(29)25-12-17(28)27(2)20-16(30-13-22)9-6-10-23-20/h3-11H,12-13H2,1-2H3,(H,25,29). The zero-order valence-electron chi connectivity index (χ0n) is 16.5. The molecule has 0 spiro atoms. The number of pyridine rings is 1. The average molecular weight is 409 g/mol. The smallest absolute Gasteiger partial charge is 0.289 e. The molecule has 1 N–H and O–H groups in total. The number of carbonyl (C=O) groups is 2. The van der Waals surface area contributed by atoms with E-state index in [9.17, 15) is 14.0 Å². The van der Waals surface area contributed by atoms with E-state index in [0.29, 0.717) is 5.69 Å². The summed E-state index contributed by atoms with van der Waals surface area (Å²) in [5, 5.41) is 2.50. The normalized spacial score (nSPS) is 10.4. The van der Waals surface area contributed by atoms with Gasteiger partial charge in [-0.15, -0.1) is 0 Å². The van der Waals surface area contributed by atoms with Crippen molar-refractivity contribution in [1.29, 1.82) is 0 Å². The van der Waals surface area contributed by atoms with E-state index in [4.69, 9.17) is 4.74 Å². The Bertz CT molecular complexity index is 1050.